The third-order valence-corrected chi connectivity index (χ3v) is 2.46. The lowest BCUT2D eigenvalue weighted by molar-refractivity contribution is 0.204. The molecule has 0 aliphatic carbocycles. The quantitative estimate of drug-likeness (QED) is 0.736. The molecule has 0 aliphatic heterocycles. The van der Waals surface area contributed by atoms with E-state index in [-0.39, 0.29) is 0 Å². The van der Waals surface area contributed by atoms with E-state index in [0.717, 1.165) is 5.41 Å². The summed E-state index contributed by atoms with van der Waals surface area (Å²) in [5.41, 5.74) is 0. The van der Waals surface area contributed by atoms with Gasteiger partial charge in [0.25, 0.3) is 6.43 Å². The fourth-order valence-electron chi connectivity index (χ4n) is 0.764. The second kappa shape index (κ2) is 4.87. The molecule has 0 aromatic heterocycles. The number of rotatable bonds is 3. The Morgan fingerprint density at radius 3 is 2.38 bits per heavy atom. The molecule has 0 heterocycles. The van der Waals surface area contributed by atoms with Crippen molar-refractivity contribution in [2.75, 3.05) is 0 Å². The summed E-state index contributed by atoms with van der Waals surface area (Å²) in [7, 11) is -1.46. The minimum Gasteiger partial charge on any atom is -0.250 e. The van der Waals surface area contributed by atoms with Crippen LogP contribution in [0.3, 0.4) is 0 Å². The lowest BCUT2D eigenvalue weighted by Crippen LogP contribution is -1.87. The molecule has 0 fully saturated rings. The summed E-state index contributed by atoms with van der Waals surface area (Å²) in [6.45, 7) is 0. The first-order valence-electron chi connectivity index (χ1n) is 3.62. The molecule has 0 N–H and O–H groups in total. The summed E-state index contributed by atoms with van der Waals surface area (Å²) >= 11 is 0. The molecule has 1 rings (SSSR count). The van der Waals surface area contributed by atoms with Crippen LogP contribution in [0.2, 0.25) is 0 Å². The first-order chi connectivity index (χ1) is 6.20. The Balaban J connectivity index is 2.70. The van der Waals surface area contributed by atoms with Crippen LogP contribution in [0.1, 0.15) is 0 Å². The van der Waals surface area contributed by atoms with Crippen molar-refractivity contribution in [1.82, 2.24) is 0 Å². The molecule has 1 nitrogen and oxygen atoms in total. The number of hydrogen-bond donors (Lipinski definition) is 0. The van der Waals surface area contributed by atoms with Crippen LogP contribution in [0.25, 0.3) is 0 Å². The summed E-state index contributed by atoms with van der Waals surface area (Å²) in [6.07, 6.45) is -1.92. The Morgan fingerprint density at radius 2 is 1.85 bits per heavy atom. The van der Waals surface area contributed by atoms with E-state index in [0.29, 0.717) is 11.0 Å². The molecule has 1 aromatic rings. The van der Waals surface area contributed by atoms with Crippen molar-refractivity contribution in [1.29, 1.82) is 0 Å². The van der Waals surface area contributed by atoms with Gasteiger partial charge in [0.1, 0.15) is 0 Å². The minimum absolute atomic E-state index is 0.527. The van der Waals surface area contributed by atoms with Gasteiger partial charge >= 0.3 is 0 Å². The van der Waals surface area contributed by atoms with E-state index in [4.69, 9.17) is 0 Å². The second-order valence-electron chi connectivity index (χ2n) is 2.27. The van der Waals surface area contributed by atoms with Gasteiger partial charge in [-0.25, -0.2) is 13.0 Å². The molecule has 0 aliphatic rings. The average Bonchev–Trinajstić information content (AvgIpc) is 2.15. The van der Waals surface area contributed by atoms with Gasteiger partial charge in [-0.05, 0) is 18.2 Å². The van der Waals surface area contributed by atoms with E-state index in [2.05, 4.69) is 0 Å². The van der Waals surface area contributed by atoms with Crippen molar-refractivity contribution in [3.8, 4) is 0 Å². The highest BCUT2D eigenvalue weighted by Gasteiger charge is 1.99. The number of alkyl halides is 2. The molecule has 0 spiro atoms. The molecule has 1 atom stereocenters. The van der Waals surface area contributed by atoms with Crippen LogP contribution in [0, 0.1) is 0 Å². The molecular formula is C9H8F2OS. The van der Waals surface area contributed by atoms with Gasteiger partial charge in [-0.1, -0.05) is 18.2 Å². The monoisotopic (exact) mass is 202 g/mol. The molecule has 4 heteroatoms. The van der Waals surface area contributed by atoms with E-state index < -0.39 is 17.2 Å². The highest BCUT2D eigenvalue weighted by molar-refractivity contribution is 7.88. The molecular weight excluding hydrogens is 194 g/mol. The minimum atomic E-state index is -2.55. The molecule has 0 saturated carbocycles. The molecule has 0 bridgehead atoms. The fraction of sp³-hybridized carbons (Fsp3) is 0.111. The van der Waals surface area contributed by atoms with Crippen LogP contribution < -0.4 is 0 Å². The maximum atomic E-state index is 11.7. The van der Waals surface area contributed by atoms with Gasteiger partial charge in [0.2, 0.25) is 0 Å². The first kappa shape index (κ1) is 10.1. The Kier molecular flexibility index (Phi) is 3.76. The molecule has 0 amide bonds. The summed E-state index contributed by atoms with van der Waals surface area (Å²) in [5, 5.41) is 1.00. The zero-order valence-electron chi connectivity index (χ0n) is 6.69. The normalized spacial score (nSPS) is 13.8. The first-order valence-corrected chi connectivity index (χ1v) is 4.83. The third kappa shape index (κ3) is 3.46. The zero-order chi connectivity index (χ0) is 9.68. The Hall–Kier alpha value is -1.03. The van der Waals surface area contributed by atoms with Crippen molar-refractivity contribution in [3.05, 3.63) is 41.8 Å². The Bertz CT molecular complexity index is 309. The zero-order valence-corrected chi connectivity index (χ0v) is 7.51. The van der Waals surface area contributed by atoms with Crippen LogP contribution in [0.4, 0.5) is 8.78 Å². The lowest BCUT2D eigenvalue weighted by Gasteiger charge is -1.94. The van der Waals surface area contributed by atoms with E-state index >= 15 is 0 Å². The van der Waals surface area contributed by atoms with E-state index in [1.54, 1.807) is 30.3 Å². The molecule has 0 saturated heterocycles. The van der Waals surface area contributed by atoms with Crippen LogP contribution in [-0.4, -0.2) is 10.6 Å². The van der Waals surface area contributed by atoms with Gasteiger partial charge in [0.15, 0.2) is 0 Å². The largest absolute Gasteiger partial charge is 0.257 e. The SMILES string of the molecule is O=S(/C=C/C(F)F)c1ccccc1. The highest BCUT2D eigenvalue weighted by atomic mass is 32.2. The van der Waals surface area contributed by atoms with Crippen LogP contribution in [-0.2, 0) is 10.8 Å². The van der Waals surface area contributed by atoms with Gasteiger partial charge in [0, 0.05) is 10.3 Å². The number of allylic oxidation sites excluding steroid dienone is 1. The fourth-order valence-corrected chi connectivity index (χ4v) is 1.61. The van der Waals surface area contributed by atoms with Gasteiger partial charge in [0.05, 0.1) is 10.8 Å². The summed E-state index contributed by atoms with van der Waals surface area (Å²) < 4.78 is 34.6. The van der Waals surface area contributed by atoms with Crippen molar-refractivity contribution in [2.24, 2.45) is 0 Å². The summed E-state index contributed by atoms with van der Waals surface area (Å²) in [5.74, 6) is 0. The van der Waals surface area contributed by atoms with Gasteiger partial charge < -0.3 is 0 Å². The Labute approximate surface area is 77.5 Å². The lowest BCUT2D eigenvalue weighted by atomic mass is 10.4. The second-order valence-corrected chi connectivity index (χ2v) is 3.61. The topological polar surface area (TPSA) is 17.1 Å². The van der Waals surface area contributed by atoms with E-state index in [1.165, 1.54) is 0 Å². The molecule has 1 aromatic carbocycles. The van der Waals surface area contributed by atoms with Crippen LogP contribution >= 0.6 is 0 Å². The number of hydrogen-bond acceptors (Lipinski definition) is 1. The number of halogens is 2. The third-order valence-electron chi connectivity index (χ3n) is 1.32. The van der Waals surface area contributed by atoms with E-state index in [1.807, 2.05) is 0 Å². The maximum Gasteiger partial charge on any atom is 0.257 e. The molecule has 0 radical (unpaired) electrons. The van der Waals surface area contributed by atoms with Gasteiger partial charge in [-0.3, -0.25) is 0 Å². The van der Waals surface area contributed by atoms with Crippen molar-refractivity contribution < 1.29 is 13.0 Å². The highest BCUT2D eigenvalue weighted by Crippen LogP contribution is 2.07. The molecule has 70 valence electrons. The average molecular weight is 202 g/mol. The predicted octanol–water partition coefficient (Wildman–Crippen LogP) is 2.57. The van der Waals surface area contributed by atoms with Crippen LogP contribution in [0.15, 0.2) is 46.7 Å². The van der Waals surface area contributed by atoms with Crippen LogP contribution in [0.5, 0.6) is 0 Å². The van der Waals surface area contributed by atoms with Crippen molar-refractivity contribution in [2.45, 2.75) is 11.3 Å². The Morgan fingerprint density at radius 1 is 1.23 bits per heavy atom. The smallest absolute Gasteiger partial charge is 0.250 e. The van der Waals surface area contributed by atoms with E-state index in [9.17, 15) is 13.0 Å². The summed E-state index contributed by atoms with van der Waals surface area (Å²) in [4.78, 5) is 0.527. The van der Waals surface area contributed by atoms with Gasteiger partial charge in [-0.15, -0.1) is 0 Å². The van der Waals surface area contributed by atoms with Crippen molar-refractivity contribution in [3.63, 3.8) is 0 Å². The molecule has 13 heavy (non-hydrogen) atoms. The standard InChI is InChI=1S/C9H8F2OS/c10-9(11)6-7-13(12)8-4-2-1-3-5-8/h1-7,9H/b7-6+. The van der Waals surface area contributed by atoms with Crippen molar-refractivity contribution >= 4 is 10.8 Å². The predicted molar refractivity (Wildman–Crippen MR) is 48.0 cm³/mol. The van der Waals surface area contributed by atoms with Gasteiger partial charge in [-0.2, -0.15) is 0 Å². The maximum absolute atomic E-state index is 11.7. The molecule has 1 unspecified atom stereocenters. The number of benzene rings is 1. The summed E-state index contributed by atoms with van der Waals surface area (Å²) in [6, 6.07) is 8.46.